The third-order valence-electron chi connectivity index (χ3n) is 5.66. The lowest BCUT2D eigenvalue weighted by molar-refractivity contribution is -0.122. The van der Waals surface area contributed by atoms with Gasteiger partial charge in [-0.05, 0) is 55.3 Å². The average molecular weight is 508 g/mol. The summed E-state index contributed by atoms with van der Waals surface area (Å²) in [5.74, 6) is 0.745. The topological polar surface area (TPSA) is 56.6 Å². The molecule has 1 aromatic heterocycles. The Balaban J connectivity index is 1.72. The number of aromatic nitrogens is 2. The Hall–Kier alpha value is -2.94. The maximum Gasteiger partial charge on any atom is 0.266 e. The van der Waals surface area contributed by atoms with Gasteiger partial charge in [0.1, 0.15) is 15.8 Å². The number of unbranched alkanes of at least 4 members (excludes halogenated alkanes) is 1. The lowest BCUT2D eigenvalue weighted by atomic mass is 10.0. The minimum Gasteiger partial charge on any atom is -0.494 e. The van der Waals surface area contributed by atoms with Crippen molar-refractivity contribution >= 4 is 40.3 Å². The van der Waals surface area contributed by atoms with E-state index in [4.69, 9.17) is 26.8 Å². The van der Waals surface area contributed by atoms with E-state index >= 15 is 0 Å². The van der Waals surface area contributed by atoms with Crippen molar-refractivity contribution in [3.05, 3.63) is 70.8 Å². The number of hydrogen-bond acceptors (Lipinski definition) is 6. The molecule has 1 aliphatic heterocycles. The van der Waals surface area contributed by atoms with E-state index in [9.17, 15) is 4.79 Å². The highest BCUT2D eigenvalue weighted by molar-refractivity contribution is 8.26. The van der Waals surface area contributed by atoms with Crippen molar-refractivity contribution in [2.24, 2.45) is 0 Å². The molecule has 0 N–H and O–H groups in total. The molecule has 2 heterocycles. The molecular formula is C27H29N3O3S2. The number of carbonyl (C=O) groups is 1. The van der Waals surface area contributed by atoms with Crippen LogP contribution in [0.4, 0.5) is 0 Å². The predicted octanol–water partition coefficient (Wildman–Crippen LogP) is 5.87. The average Bonchev–Trinajstić information content (AvgIpc) is 3.39. The first-order valence-electron chi connectivity index (χ1n) is 11.6. The first-order chi connectivity index (χ1) is 17.0. The van der Waals surface area contributed by atoms with Crippen molar-refractivity contribution in [1.82, 2.24) is 14.7 Å². The van der Waals surface area contributed by atoms with E-state index in [1.807, 2.05) is 65.5 Å². The summed E-state index contributed by atoms with van der Waals surface area (Å²) in [5.41, 5.74) is 4.64. The zero-order valence-electron chi connectivity index (χ0n) is 20.2. The van der Waals surface area contributed by atoms with Gasteiger partial charge in [-0.1, -0.05) is 55.5 Å². The van der Waals surface area contributed by atoms with Crippen LogP contribution >= 0.6 is 24.0 Å². The first kappa shape index (κ1) is 25.2. The Bertz CT molecular complexity index is 1240. The second-order valence-electron chi connectivity index (χ2n) is 8.22. The second kappa shape index (κ2) is 11.7. The van der Waals surface area contributed by atoms with Gasteiger partial charge in [0.2, 0.25) is 0 Å². The molecule has 0 atom stereocenters. The molecule has 1 amide bonds. The van der Waals surface area contributed by atoms with E-state index in [2.05, 4.69) is 13.8 Å². The molecule has 0 saturated carbocycles. The van der Waals surface area contributed by atoms with Gasteiger partial charge in [0.05, 0.1) is 30.4 Å². The van der Waals surface area contributed by atoms with Gasteiger partial charge in [-0.15, -0.1) is 0 Å². The number of nitrogens with zero attached hydrogens (tertiary/aromatic N) is 3. The molecule has 6 nitrogen and oxygen atoms in total. The van der Waals surface area contributed by atoms with Gasteiger partial charge in [-0.3, -0.25) is 9.69 Å². The summed E-state index contributed by atoms with van der Waals surface area (Å²) >= 11 is 6.76. The van der Waals surface area contributed by atoms with Gasteiger partial charge in [-0.25, -0.2) is 4.68 Å². The maximum absolute atomic E-state index is 13.0. The molecule has 1 fully saturated rings. The summed E-state index contributed by atoms with van der Waals surface area (Å²) in [4.78, 5) is 15.2. The number of amides is 1. The van der Waals surface area contributed by atoms with E-state index in [0.717, 1.165) is 46.7 Å². The molecule has 3 aromatic rings. The number of rotatable bonds is 10. The second-order valence-corrected chi connectivity index (χ2v) is 9.89. The van der Waals surface area contributed by atoms with Gasteiger partial charge < -0.3 is 9.47 Å². The van der Waals surface area contributed by atoms with Gasteiger partial charge >= 0.3 is 0 Å². The molecule has 182 valence electrons. The lowest BCUT2D eigenvalue weighted by Gasteiger charge is -2.12. The molecule has 35 heavy (non-hydrogen) atoms. The first-order valence-corrected chi connectivity index (χ1v) is 12.9. The Labute approximate surface area is 215 Å². The largest absolute Gasteiger partial charge is 0.494 e. The molecule has 4 rings (SSSR count). The summed E-state index contributed by atoms with van der Waals surface area (Å²) in [6.45, 7) is 5.77. The zero-order chi connectivity index (χ0) is 24.8. The van der Waals surface area contributed by atoms with Crippen LogP contribution in [-0.2, 0) is 9.53 Å². The smallest absolute Gasteiger partial charge is 0.266 e. The Morgan fingerprint density at radius 1 is 1.14 bits per heavy atom. The number of aryl methyl sites for hydroxylation is 1. The summed E-state index contributed by atoms with van der Waals surface area (Å²) in [7, 11) is 1.61. The number of ether oxygens (including phenoxy) is 2. The summed E-state index contributed by atoms with van der Waals surface area (Å²) in [6, 6.07) is 16.0. The van der Waals surface area contributed by atoms with Crippen molar-refractivity contribution in [2.45, 2.75) is 26.7 Å². The van der Waals surface area contributed by atoms with E-state index in [0.29, 0.717) is 29.0 Å². The van der Waals surface area contributed by atoms with Crippen LogP contribution in [0.1, 0.15) is 30.9 Å². The van der Waals surface area contributed by atoms with Crippen LogP contribution in [0.2, 0.25) is 0 Å². The van der Waals surface area contributed by atoms with E-state index < -0.39 is 0 Å². The van der Waals surface area contributed by atoms with Crippen LogP contribution in [0, 0.1) is 6.92 Å². The third-order valence-corrected chi connectivity index (χ3v) is 7.04. The van der Waals surface area contributed by atoms with Gasteiger partial charge in [-0.2, -0.15) is 5.10 Å². The van der Waals surface area contributed by atoms with Crippen molar-refractivity contribution in [2.75, 3.05) is 26.9 Å². The molecule has 1 aliphatic rings. The number of hydrogen-bond donors (Lipinski definition) is 0. The van der Waals surface area contributed by atoms with Crippen molar-refractivity contribution in [1.29, 1.82) is 0 Å². The Kier molecular flexibility index (Phi) is 8.38. The molecule has 0 unspecified atom stereocenters. The summed E-state index contributed by atoms with van der Waals surface area (Å²) < 4.78 is 13.4. The minimum atomic E-state index is -0.105. The zero-order valence-corrected chi connectivity index (χ0v) is 21.8. The van der Waals surface area contributed by atoms with Crippen LogP contribution < -0.4 is 4.74 Å². The molecule has 8 heteroatoms. The molecule has 0 radical (unpaired) electrons. The van der Waals surface area contributed by atoms with Crippen LogP contribution in [0.25, 0.3) is 23.0 Å². The number of para-hydroxylation sites is 1. The quantitative estimate of drug-likeness (QED) is 0.194. The van der Waals surface area contributed by atoms with Crippen LogP contribution in [0.5, 0.6) is 5.75 Å². The maximum atomic E-state index is 13.0. The number of carbonyl (C=O) groups excluding carboxylic acids is 1. The Morgan fingerprint density at radius 3 is 2.66 bits per heavy atom. The Morgan fingerprint density at radius 2 is 1.94 bits per heavy atom. The number of benzene rings is 2. The number of thioether (sulfide) groups is 1. The SMILES string of the molecule is CCCCOc1ccc(-c2nn(-c3ccccc3)cc2/C=C2\SC(=S)N(CCOC)C2=O)c(C)c1. The number of methoxy groups -OCH3 is 1. The van der Waals surface area contributed by atoms with Crippen LogP contribution in [-0.4, -0.2) is 51.8 Å². The highest BCUT2D eigenvalue weighted by Gasteiger charge is 2.32. The van der Waals surface area contributed by atoms with Crippen molar-refractivity contribution in [3.63, 3.8) is 0 Å². The lowest BCUT2D eigenvalue weighted by Crippen LogP contribution is -2.31. The molecule has 0 bridgehead atoms. The fraction of sp³-hybridized carbons (Fsp3) is 0.296. The highest BCUT2D eigenvalue weighted by atomic mass is 32.2. The monoisotopic (exact) mass is 507 g/mol. The van der Waals surface area contributed by atoms with E-state index in [1.165, 1.54) is 11.8 Å². The molecule has 0 aliphatic carbocycles. The van der Waals surface area contributed by atoms with Crippen LogP contribution in [0.15, 0.2) is 59.6 Å². The predicted molar refractivity (Wildman–Crippen MR) is 146 cm³/mol. The normalized spacial score (nSPS) is 14.8. The minimum absolute atomic E-state index is 0.105. The van der Waals surface area contributed by atoms with Gasteiger partial charge in [0.15, 0.2) is 0 Å². The molecular weight excluding hydrogens is 478 g/mol. The number of thiocarbonyl (C=S) groups is 1. The molecule has 2 aromatic carbocycles. The standard InChI is InChI=1S/C27H29N3O3S2/c1-4-5-14-33-22-11-12-23(19(2)16-22)25-20(18-30(28-25)21-9-7-6-8-10-21)17-24-26(31)29(13-15-32-3)27(34)35-24/h6-12,16-18H,4-5,13-15H2,1-3H3/b24-17-. The fourth-order valence-corrected chi connectivity index (χ4v) is 5.06. The van der Waals surface area contributed by atoms with Gasteiger partial charge in [0.25, 0.3) is 5.91 Å². The fourth-order valence-electron chi connectivity index (χ4n) is 3.76. The van der Waals surface area contributed by atoms with Crippen molar-refractivity contribution in [3.8, 4) is 22.7 Å². The summed E-state index contributed by atoms with van der Waals surface area (Å²) in [6.07, 6.45) is 5.96. The third kappa shape index (κ3) is 5.83. The van der Waals surface area contributed by atoms with E-state index in [-0.39, 0.29) is 5.91 Å². The van der Waals surface area contributed by atoms with E-state index in [1.54, 1.807) is 12.0 Å². The molecule has 0 spiro atoms. The van der Waals surface area contributed by atoms with Crippen LogP contribution in [0.3, 0.4) is 0 Å². The highest BCUT2D eigenvalue weighted by Crippen LogP contribution is 2.36. The molecule has 1 saturated heterocycles. The van der Waals surface area contributed by atoms with Gasteiger partial charge in [0, 0.05) is 24.4 Å². The summed E-state index contributed by atoms with van der Waals surface area (Å²) in [5, 5.41) is 4.92. The van der Waals surface area contributed by atoms with Crippen molar-refractivity contribution < 1.29 is 14.3 Å².